The van der Waals surface area contributed by atoms with Crippen molar-refractivity contribution in [3.05, 3.63) is 107 Å². The van der Waals surface area contributed by atoms with Crippen LogP contribution in [0.25, 0.3) is 0 Å². The number of alkyl halides is 3. The van der Waals surface area contributed by atoms with Crippen molar-refractivity contribution in [3.63, 3.8) is 0 Å². The van der Waals surface area contributed by atoms with Crippen LogP contribution in [0.1, 0.15) is 33.9 Å². The zero-order valence-electron chi connectivity index (χ0n) is 23.6. The number of imide groups is 1. The topological polar surface area (TPSA) is 79.5 Å². The molecule has 0 radical (unpaired) electrons. The van der Waals surface area contributed by atoms with Gasteiger partial charge in [0.1, 0.15) is 12.4 Å². The third kappa shape index (κ3) is 4.70. The van der Waals surface area contributed by atoms with Gasteiger partial charge in [-0.1, -0.05) is 63.1 Å². The van der Waals surface area contributed by atoms with E-state index in [-0.39, 0.29) is 40.4 Å². The Morgan fingerprint density at radius 2 is 1.74 bits per heavy atom. The number of thioether (sulfide) groups is 1. The number of aromatic amines is 1. The molecule has 1 aromatic heterocycles. The predicted octanol–water partition coefficient (Wildman–Crippen LogP) is 8.13. The number of benzene rings is 3. The van der Waals surface area contributed by atoms with E-state index < -0.39 is 41.1 Å². The number of hydrogen-bond donors (Lipinski definition) is 1. The second-order valence-electron chi connectivity index (χ2n) is 12.1. The van der Waals surface area contributed by atoms with Gasteiger partial charge in [-0.25, -0.2) is 4.90 Å². The summed E-state index contributed by atoms with van der Waals surface area (Å²) >= 11 is 12.4. The molecule has 3 fully saturated rings. The van der Waals surface area contributed by atoms with E-state index in [4.69, 9.17) is 16.3 Å². The number of rotatable bonds is 5. The fourth-order valence-corrected chi connectivity index (χ4v) is 11.7. The lowest BCUT2D eigenvalue weighted by molar-refractivity contribution is -0.137. The lowest BCUT2D eigenvalue weighted by Crippen LogP contribution is -2.42. The quantitative estimate of drug-likeness (QED) is 0.209. The van der Waals surface area contributed by atoms with Gasteiger partial charge in [-0.05, 0) is 72.2 Å². The fraction of sp³-hybridized carbons (Fsp3) is 0.303. The molecular formula is C33H23BrClF3N2O4S2. The lowest BCUT2D eigenvalue weighted by atomic mass is 9.68. The Morgan fingerprint density at radius 3 is 2.50 bits per heavy atom. The van der Waals surface area contributed by atoms with Crippen molar-refractivity contribution >= 4 is 68.1 Å². The molecule has 1 N–H and O–H groups in total. The minimum atomic E-state index is -4.73. The Morgan fingerprint density at radius 1 is 0.978 bits per heavy atom. The summed E-state index contributed by atoms with van der Waals surface area (Å²) in [6.45, 7) is 0.248. The van der Waals surface area contributed by atoms with Crippen molar-refractivity contribution in [2.75, 3.05) is 4.90 Å². The molecule has 0 spiro atoms. The van der Waals surface area contributed by atoms with E-state index in [0.29, 0.717) is 17.2 Å². The monoisotopic (exact) mass is 746 g/mol. The maximum absolute atomic E-state index is 14.1. The fourth-order valence-electron chi connectivity index (χ4n) is 8.19. The van der Waals surface area contributed by atoms with Crippen LogP contribution in [0.5, 0.6) is 5.75 Å². The van der Waals surface area contributed by atoms with E-state index in [1.807, 2.05) is 36.4 Å². The minimum Gasteiger partial charge on any atom is -0.489 e. The number of thiazole rings is 1. The summed E-state index contributed by atoms with van der Waals surface area (Å²) in [5.41, 5.74) is 0.285. The molecule has 6 unspecified atom stereocenters. The first-order chi connectivity index (χ1) is 22.0. The van der Waals surface area contributed by atoms with Crippen LogP contribution in [-0.2, 0) is 22.4 Å². The zero-order valence-corrected chi connectivity index (χ0v) is 27.6. The molecule has 7 atom stereocenters. The number of hydrogen-bond acceptors (Lipinski definition) is 6. The van der Waals surface area contributed by atoms with E-state index in [1.165, 1.54) is 30.0 Å². The molecule has 2 saturated carbocycles. The van der Waals surface area contributed by atoms with Crippen LogP contribution in [-0.4, -0.2) is 22.0 Å². The average Bonchev–Trinajstić information content (AvgIpc) is 3.75. The molecule has 2 bridgehead atoms. The highest BCUT2D eigenvalue weighted by atomic mass is 79.9. The van der Waals surface area contributed by atoms with Crippen molar-refractivity contribution in [1.82, 2.24) is 4.98 Å². The average molecular weight is 748 g/mol. The largest absolute Gasteiger partial charge is 0.489 e. The molecule has 1 saturated heterocycles. The molecular weight excluding hydrogens is 725 g/mol. The standard InChI is InChI=1S/C33H23BrClF3N2O4S2/c34-15-8-9-22(44-13-14-4-3-5-16(35)10-14)17(11-15)23-24-18-12-19(27(24)45-29-28(23)46-32(43)39-29)26-25(18)30(41)40(31(26)42)21-7-2-1-6-20(21)33(36,37)38/h1-11,18-19,23-27H,12-13H2,(H,39,43)/t18?,19?,23-,24?,25?,26?,27?/m1/s1. The summed E-state index contributed by atoms with van der Waals surface area (Å²) in [4.78, 5) is 45.1. The maximum Gasteiger partial charge on any atom is 0.418 e. The van der Waals surface area contributed by atoms with E-state index in [2.05, 4.69) is 20.9 Å². The van der Waals surface area contributed by atoms with Crippen LogP contribution in [0.15, 0.2) is 81.0 Å². The van der Waals surface area contributed by atoms with Gasteiger partial charge in [0.05, 0.1) is 28.1 Å². The molecule has 3 aromatic carbocycles. The summed E-state index contributed by atoms with van der Waals surface area (Å²) < 4.78 is 49.2. The van der Waals surface area contributed by atoms with Gasteiger partial charge in [0.15, 0.2) is 0 Å². The molecule has 2 aliphatic heterocycles. The Hall–Kier alpha value is -3.06. The van der Waals surface area contributed by atoms with Crippen molar-refractivity contribution in [1.29, 1.82) is 0 Å². The highest BCUT2D eigenvalue weighted by molar-refractivity contribution is 9.10. The second kappa shape index (κ2) is 11.0. The predicted molar refractivity (Wildman–Crippen MR) is 172 cm³/mol. The van der Waals surface area contributed by atoms with Crippen molar-refractivity contribution < 1.29 is 27.5 Å². The van der Waals surface area contributed by atoms with Crippen LogP contribution in [0.2, 0.25) is 5.02 Å². The van der Waals surface area contributed by atoms with Gasteiger partial charge < -0.3 is 9.72 Å². The molecule has 46 heavy (non-hydrogen) atoms. The number of carbonyl (C=O) groups excluding carboxylic acids is 2. The van der Waals surface area contributed by atoms with Crippen LogP contribution >= 0.6 is 50.6 Å². The van der Waals surface area contributed by atoms with Crippen LogP contribution < -0.4 is 14.5 Å². The van der Waals surface area contributed by atoms with Gasteiger partial charge in [-0.3, -0.25) is 14.4 Å². The van der Waals surface area contributed by atoms with Gasteiger partial charge >= 0.3 is 11.0 Å². The summed E-state index contributed by atoms with van der Waals surface area (Å²) in [6.07, 6.45) is -4.13. The summed E-state index contributed by atoms with van der Waals surface area (Å²) in [5.74, 6) is -3.04. The SMILES string of the molecule is O=C1C2C3CC(C2C(=O)N1c1ccccc1C(F)(F)F)C1C3Sc2[nH]c(=O)sc2[C@@H]1c1cc(Br)ccc1OCc1cccc(Cl)c1. The summed E-state index contributed by atoms with van der Waals surface area (Å²) in [7, 11) is 0. The van der Waals surface area contributed by atoms with Crippen LogP contribution in [0.3, 0.4) is 0 Å². The van der Waals surface area contributed by atoms with Crippen molar-refractivity contribution in [2.45, 2.75) is 35.4 Å². The number of aromatic nitrogens is 1. The van der Waals surface area contributed by atoms with Gasteiger partial charge in [0.25, 0.3) is 0 Å². The minimum absolute atomic E-state index is 0.136. The molecule has 4 aromatic rings. The first-order valence-electron chi connectivity index (χ1n) is 14.6. The number of halogens is 5. The third-order valence-corrected chi connectivity index (χ3v) is 13.1. The Labute approximate surface area is 282 Å². The number of ether oxygens (including phenoxy) is 1. The molecule has 13 heteroatoms. The van der Waals surface area contributed by atoms with Gasteiger partial charge in [0.2, 0.25) is 11.8 Å². The molecule has 236 valence electrons. The van der Waals surface area contributed by atoms with E-state index in [1.54, 1.807) is 6.07 Å². The van der Waals surface area contributed by atoms with Crippen LogP contribution in [0.4, 0.5) is 18.9 Å². The van der Waals surface area contributed by atoms with Crippen molar-refractivity contribution in [3.8, 4) is 5.75 Å². The summed E-state index contributed by atoms with van der Waals surface area (Å²) in [6, 6.07) is 17.8. The number of H-pyrrole nitrogens is 1. The molecule has 2 aliphatic carbocycles. The maximum atomic E-state index is 14.1. The number of para-hydroxylation sites is 1. The molecule has 8 rings (SSSR count). The highest BCUT2D eigenvalue weighted by Crippen LogP contribution is 2.69. The Bertz CT molecular complexity index is 1980. The summed E-state index contributed by atoms with van der Waals surface area (Å²) in [5, 5.41) is 1.18. The van der Waals surface area contributed by atoms with E-state index >= 15 is 0 Å². The normalized spacial score (nSPS) is 27.9. The van der Waals surface area contributed by atoms with E-state index in [0.717, 1.165) is 47.8 Å². The van der Waals surface area contributed by atoms with Crippen molar-refractivity contribution in [2.24, 2.45) is 29.6 Å². The first kappa shape index (κ1) is 30.3. The Kier molecular flexibility index (Phi) is 7.24. The molecule has 6 nitrogen and oxygen atoms in total. The number of fused-ring (bicyclic) bond motifs is 9. The number of nitrogens with one attached hydrogen (secondary N) is 1. The van der Waals surface area contributed by atoms with Crippen LogP contribution in [0, 0.1) is 29.6 Å². The smallest absolute Gasteiger partial charge is 0.418 e. The van der Waals surface area contributed by atoms with E-state index in [9.17, 15) is 27.6 Å². The molecule has 3 heterocycles. The number of amides is 2. The number of nitrogens with zero attached hydrogens (tertiary/aromatic N) is 1. The zero-order chi connectivity index (χ0) is 32.1. The number of carbonyl (C=O) groups is 2. The van der Waals surface area contributed by atoms with Gasteiger partial charge in [-0.15, -0.1) is 11.8 Å². The molecule has 4 aliphatic rings. The van der Waals surface area contributed by atoms with Gasteiger partial charge in [-0.2, -0.15) is 13.2 Å². The highest BCUT2D eigenvalue weighted by Gasteiger charge is 2.70. The first-order valence-corrected chi connectivity index (χ1v) is 17.5. The Balaban J connectivity index is 1.20. The number of anilines is 1. The third-order valence-electron chi connectivity index (χ3n) is 9.76. The second-order valence-corrected chi connectivity index (χ2v) is 15.6. The molecule has 2 amide bonds. The lowest BCUT2D eigenvalue weighted by Gasteiger charge is -2.43. The van der Waals surface area contributed by atoms with Gasteiger partial charge in [0, 0.05) is 31.1 Å².